The summed E-state index contributed by atoms with van der Waals surface area (Å²) >= 11 is 6.38. The first kappa shape index (κ1) is 15.3. The molecule has 1 N–H and O–H groups in total. The SMILES string of the molecule is CCc1nn(CC)c(CC2(C(=O)O)CCCOC2)c1Cl. The van der Waals surface area contributed by atoms with Crippen molar-refractivity contribution in [2.24, 2.45) is 5.41 Å². The number of aliphatic carboxylic acids is 1. The second kappa shape index (κ2) is 6.14. The smallest absolute Gasteiger partial charge is 0.312 e. The molecular formula is C14H21ClN2O3. The highest BCUT2D eigenvalue weighted by Crippen LogP contribution is 2.36. The fraction of sp³-hybridized carbons (Fsp3) is 0.714. The van der Waals surface area contributed by atoms with Gasteiger partial charge in [-0.1, -0.05) is 18.5 Å². The average molecular weight is 301 g/mol. The zero-order valence-electron chi connectivity index (χ0n) is 12.0. The van der Waals surface area contributed by atoms with Crippen LogP contribution >= 0.6 is 11.6 Å². The minimum Gasteiger partial charge on any atom is -0.481 e. The van der Waals surface area contributed by atoms with Crippen molar-refractivity contribution in [3.05, 3.63) is 16.4 Å². The Morgan fingerprint density at radius 2 is 2.30 bits per heavy atom. The lowest BCUT2D eigenvalue weighted by Crippen LogP contribution is -2.41. The van der Waals surface area contributed by atoms with Gasteiger partial charge in [-0.2, -0.15) is 5.10 Å². The molecule has 1 fully saturated rings. The van der Waals surface area contributed by atoms with Crippen LogP contribution < -0.4 is 0 Å². The van der Waals surface area contributed by atoms with Gasteiger partial charge in [-0.25, -0.2) is 0 Å². The highest BCUT2D eigenvalue weighted by Gasteiger charge is 2.42. The monoisotopic (exact) mass is 300 g/mol. The summed E-state index contributed by atoms with van der Waals surface area (Å²) in [4.78, 5) is 11.7. The molecule has 0 aliphatic carbocycles. The summed E-state index contributed by atoms with van der Waals surface area (Å²) in [6, 6.07) is 0. The second-order valence-corrected chi connectivity index (χ2v) is 5.67. The summed E-state index contributed by atoms with van der Waals surface area (Å²) in [5.74, 6) is -0.810. The first-order valence-corrected chi connectivity index (χ1v) is 7.47. The van der Waals surface area contributed by atoms with Gasteiger partial charge in [0.15, 0.2) is 0 Å². The molecule has 112 valence electrons. The van der Waals surface area contributed by atoms with Crippen molar-refractivity contribution in [2.75, 3.05) is 13.2 Å². The second-order valence-electron chi connectivity index (χ2n) is 5.30. The maximum atomic E-state index is 11.7. The first-order chi connectivity index (χ1) is 9.54. The standard InChI is InChI=1S/C14H21ClN2O3/c1-3-10-12(15)11(17(4-2)16-10)8-14(13(18)19)6-5-7-20-9-14/h3-9H2,1-2H3,(H,18,19). The van der Waals surface area contributed by atoms with E-state index < -0.39 is 11.4 Å². The van der Waals surface area contributed by atoms with E-state index in [1.807, 2.05) is 18.5 Å². The van der Waals surface area contributed by atoms with Crippen molar-refractivity contribution in [1.82, 2.24) is 9.78 Å². The van der Waals surface area contributed by atoms with Gasteiger partial charge >= 0.3 is 5.97 Å². The lowest BCUT2D eigenvalue weighted by atomic mass is 9.78. The number of aromatic nitrogens is 2. The molecule has 0 spiro atoms. The van der Waals surface area contributed by atoms with E-state index in [0.29, 0.717) is 31.0 Å². The molecule has 0 aromatic carbocycles. The summed E-state index contributed by atoms with van der Waals surface area (Å²) < 4.78 is 7.23. The van der Waals surface area contributed by atoms with Crippen LogP contribution in [0.4, 0.5) is 0 Å². The number of carbonyl (C=O) groups is 1. The summed E-state index contributed by atoms with van der Waals surface area (Å²) in [6.45, 7) is 5.54. The van der Waals surface area contributed by atoms with Crippen molar-refractivity contribution in [2.45, 2.75) is 46.1 Å². The van der Waals surface area contributed by atoms with Crippen LogP contribution in [-0.2, 0) is 28.9 Å². The topological polar surface area (TPSA) is 64.4 Å². The van der Waals surface area contributed by atoms with Gasteiger partial charge in [0.1, 0.15) is 0 Å². The number of hydrogen-bond donors (Lipinski definition) is 1. The number of rotatable bonds is 5. The van der Waals surface area contributed by atoms with Crippen LogP contribution in [0.1, 0.15) is 38.1 Å². The number of nitrogens with zero attached hydrogens (tertiary/aromatic N) is 2. The van der Waals surface area contributed by atoms with Crippen LogP contribution in [0.2, 0.25) is 5.02 Å². The molecule has 1 saturated heterocycles. The lowest BCUT2D eigenvalue weighted by Gasteiger charge is -2.33. The molecule has 0 radical (unpaired) electrons. The van der Waals surface area contributed by atoms with Crippen LogP contribution in [0.15, 0.2) is 0 Å². The zero-order valence-corrected chi connectivity index (χ0v) is 12.7. The quantitative estimate of drug-likeness (QED) is 0.907. The van der Waals surface area contributed by atoms with Crippen LogP contribution in [0.5, 0.6) is 0 Å². The fourth-order valence-corrected chi connectivity index (χ4v) is 3.08. The molecule has 0 amide bonds. The largest absolute Gasteiger partial charge is 0.481 e. The van der Waals surface area contributed by atoms with E-state index in [0.717, 1.165) is 24.2 Å². The maximum absolute atomic E-state index is 11.7. The third-order valence-corrected chi connectivity index (χ3v) is 4.41. The Kier molecular flexibility index (Phi) is 4.70. The summed E-state index contributed by atoms with van der Waals surface area (Å²) in [6.07, 6.45) is 2.51. The van der Waals surface area contributed by atoms with Gasteiger partial charge in [0, 0.05) is 19.6 Å². The molecular weight excluding hydrogens is 280 g/mol. The van der Waals surface area contributed by atoms with Gasteiger partial charge in [-0.15, -0.1) is 0 Å². The van der Waals surface area contributed by atoms with E-state index in [1.165, 1.54) is 0 Å². The molecule has 2 rings (SSSR count). The Labute approximate surface area is 123 Å². The molecule has 5 nitrogen and oxygen atoms in total. The molecule has 1 aliphatic heterocycles. The highest BCUT2D eigenvalue weighted by atomic mass is 35.5. The predicted molar refractivity (Wildman–Crippen MR) is 76.1 cm³/mol. The molecule has 1 aromatic rings. The van der Waals surface area contributed by atoms with Gasteiger partial charge in [0.05, 0.1) is 28.4 Å². The van der Waals surface area contributed by atoms with Crippen molar-refractivity contribution in [3.8, 4) is 0 Å². The summed E-state index contributed by atoms with van der Waals surface area (Å²) in [5.41, 5.74) is 0.777. The number of hydrogen-bond acceptors (Lipinski definition) is 3. The fourth-order valence-electron chi connectivity index (χ4n) is 2.74. The van der Waals surface area contributed by atoms with E-state index in [9.17, 15) is 9.90 Å². The molecule has 1 aromatic heterocycles. The molecule has 1 atom stereocenters. The average Bonchev–Trinajstić information content (AvgIpc) is 2.76. The number of ether oxygens (including phenoxy) is 1. The third-order valence-electron chi connectivity index (χ3n) is 3.98. The van der Waals surface area contributed by atoms with Crippen molar-refractivity contribution in [3.63, 3.8) is 0 Å². The minimum atomic E-state index is -0.875. The van der Waals surface area contributed by atoms with Crippen LogP contribution in [-0.4, -0.2) is 34.1 Å². The van der Waals surface area contributed by atoms with E-state index in [1.54, 1.807) is 0 Å². The molecule has 1 unspecified atom stereocenters. The first-order valence-electron chi connectivity index (χ1n) is 7.09. The Balaban J connectivity index is 2.35. The van der Waals surface area contributed by atoms with E-state index >= 15 is 0 Å². The Morgan fingerprint density at radius 3 is 2.80 bits per heavy atom. The molecule has 0 bridgehead atoms. The molecule has 20 heavy (non-hydrogen) atoms. The third kappa shape index (κ3) is 2.69. The number of carboxylic acids is 1. The Morgan fingerprint density at radius 1 is 1.55 bits per heavy atom. The Bertz CT molecular complexity index is 493. The molecule has 1 aliphatic rings. The highest BCUT2D eigenvalue weighted by molar-refractivity contribution is 6.31. The van der Waals surface area contributed by atoms with Gasteiger partial charge in [0.2, 0.25) is 0 Å². The number of halogens is 1. The van der Waals surface area contributed by atoms with Crippen molar-refractivity contribution < 1.29 is 14.6 Å². The van der Waals surface area contributed by atoms with Gasteiger partial charge < -0.3 is 9.84 Å². The predicted octanol–water partition coefficient (Wildman–Crippen LogP) is 2.54. The summed E-state index contributed by atoms with van der Waals surface area (Å²) in [7, 11) is 0. The van der Waals surface area contributed by atoms with Crippen LogP contribution in [0, 0.1) is 5.41 Å². The van der Waals surface area contributed by atoms with Crippen LogP contribution in [0.25, 0.3) is 0 Å². The Hall–Kier alpha value is -1.07. The van der Waals surface area contributed by atoms with Crippen molar-refractivity contribution >= 4 is 17.6 Å². The van der Waals surface area contributed by atoms with Gasteiger partial charge in [-0.05, 0) is 26.2 Å². The van der Waals surface area contributed by atoms with Crippen LogP contribution in [0.3, 0.4) is 0 Å². The molecule has 2 heterocycles. The number of aryl methyl sites for hydroxylation is 2. The lowest BCUT2D eigenvalue weighted by molar-refractivity contribution is -0.157. The van der Waals surface area contributed by atoms with E-state index in [2.05, 4.69) is 5.10 Å². The maximum Gasteiger partial charge on any atom is 0.312 e. The molecule has 6 heteroatoms. The van der Waals surface area contributed by atoms with E-state index in [-0.39, 0.29) is 6.61 Å². The molecule has 0 saturated carbocycles. The van der Waals surface area contributed by atoms with Gasteiger partial charge in [-0.3, -0.25) is 9.48 Å². The van der Waals surface area contributed by atoms with E-state index in [4.69, 9.17) is 16.3 Å². The zero-order chi connectivity index (χ0) is 14.8. The van der Waals surface area contributed by atoms with Crippen molar-refractivity contribution in [1.29, 1.82) is 0 Å². The number of carboxylic acid groups (broad SMARTS) is 1. The normalized spacial score (nSPS) is 22.9. The minimum absolute atomic E-state index is 0.245. The van der Waals surface area contributed by atoms with Gasteiger partial charge in [0.25, 0.3) is 0 Å². The summed E-state index contributed by atoms with van der Waals surface area (Å²) in [5, 5.41) is 14.7.